The molecule has 2 fully saturated rings. The molecular formula is C17H34N2O. The maximum absolute atomic E-state index is 5.93. The molecule has 2 aliphatic rings. The molecule has 3 atom stereocenters. The monoisotopic (exact) mass is 282 g/mol. The number of rotatable bonds is 5. The van der Waals surface area contributed by atoms with E-state index in [0.717, 1.165) is 19.7 Å². The topological polar surface area (TPSA) is 24.5 Å². The van der Waals surface area contributed by atoms with Crippen LogP contribution in [0.5, 0.6) is 0 Å². The molecule has 3 heteroatoms. The Balaban J connectivity index is 1.89. The van der Waals surface area contributed by atoms with Gasteiger partial charge in [0.1, 0.15) is 0 Å². The standard InChI is InChI=1S/C17H34N2O/c1-3-18-16-11-6-4-5-7-12-17(16)19(2)14-15-10-8-9-13-20-15/h15-18H,3-14H2,1-2H3. The van der Waals surface area contributed by atoms with E-state index < -0.39 is 0 Å². The summed E-state index contributed by atoms with van der Waals surface area (Å²) >= 11 is 0. The van der Waals surface area contributed by atoms with Gasteiger partial charge in [0, 0.05) is 25.2 Å². The summed E-state index contributed by atoms with van der Waals surface area (Å²) in [6, 6.07) is 1.37. The highest BCUT2D eigenvalue weighted by Gasteiger charge is 2.27. The smallest absolute Gasteiger partial charge is 0.0702 e. The summed E-state index contributed by atoms with van der Waals surface area (Å²) in [6.07, 6.45) is 12.6. The average molecular weight is 282 g/mol. The van der Waals surface area contributed by atoms with Crippen LogP contribution in [0.4, 0.5) is 0 Å². The van der Waals surface area contributed by atoms with Crippen LogP contribution in [0.1, 0.15) is 64.7 Å². The van der Waals surface area contributed by atoms with Crippen LogP contribution in [0.3, 0.4) is 0 Å². The number of ether oxygens (including phenoxy) is 1. The normalized spacial score (nSPS) is 32.9. The van der Waals surface area contributed by atoms with Crippen molar-refractivity contribution >= 4 is 0 Å². The molecule has 1 saturated heterocycles. The Labute approximate surface area is 125 Å². The molecular weight excluding hydrogens is 248 g/mol. The van der Waals surface area contributed by atoms with E-state index in [1.165, 1.54) is 57.8 Å². The van der Waals surface area contributed by atoms with Crippen molar-refractivity contribution in [2.75, 3.05) is 26.7 Å². The van der Waals surface area contributed by atoms with Crippen molar-refractivity contribution in [3.8, 4) is 0 Å². The first kappa shape index (κ1) is 16.3. The summed E-state index contributed by atoms with van der Waals surface area (Å²) in [4.78, 5) is 2.59. The third-order valence-electron chi connectivity index (χ3n) is 5.03. The average Bonchev–Trinajstić information content (AvgIpc) is 2.43. The summed E-state index contributed by atoms with van der Waals surface area (Å²) in [5, 5.41) is 3.74. The highest BCUT2D eigenvalue weighted by Crippen LogP contribution is 2.23. The third kappa shape index (κ3) is 5.01. The van der Waals surface area contributed by atoms with Crippen molar-refractivity contribution in [2.45, 2.75) is 82.9 Å². The van der Waals surface area contributed by atoms with Gasteiger partial charge in [0.05, 0.1) is 6.10 Å². The second-order valence-electron chi connectivity index (χ2n) is 6.65. The van der Waals surface area contributed by atoms with Crippen molar-refractivity contribution in [2.24, 2.45) is 0 Å². The van der Waals surface area contributed by atoms with Crippen LogP contribution in [-0.2, 0) is 4.74 Å². The zero-order valence-electron chi connectivity index (χ0n) is 13.6. The molecule has 20 heavy (non-hydrogen) atoms. The Morgan fingerprint density at radius 3 is 2.45 bits per heavy atom. The fraction of sp³-hybridized carbons (Fsp3) is 1.00. The van der Waals surface area contributed by atoms with Gasteiger partial charge < -0.3 is 10.1 Å². The zero-order valence-corrected chi connectivity index (χ0v) is 13.6. The highest BCUT2D eigenvalue weighted by molar-refractivity contribution is 4.86. The van der Waals surface area contributed by atoms with E-state index in [-0.39, 0.29) is 0 Å². The third-order valence-corrected chi connectivity index (χ3v) is 5.03. The molecule has 0 radical (unpaired) electrons. The molecule has 1 N–H and O–H groups in total. The number of likely N-dealkylation sites (N-methyl/N-ethyl adjacent to an activating group) is 2. The predicted octanol–water partition coefficient (Wildman–Crippen LogP) is 3.19. The fourth-order valence-corrected chi connectivity index (χ4v) is 3.90. The van der Waals surface area contributed by atoms with Gasteiger partial charge >= 0.3 is 0 Å². The van der Waals surface area contributed by atoms with Crippen LogP contribution in [0.15, 0.2) is 0 Å². The Kier molecular flexibility index (Phi) is 7.32. The van der Waals surface area contributed by atoms with Gasteiger partial charge in [0.15, 0.2) is 0 Å². The van der Waals surface area contributed by atoms with Crippen molar-refractivity contribution in [3.05, 3.63) is 0 Å². The number of hydrogen-bond acceptors (Lipinski definition) is 3. The lowest BCUT2D eigenvalue weighted by atomic mass is 9.91. The summed E-state index contributed by atoms with van der Waals surface area (Å²) in [7, 11) is 2.31. The summed E-state index contributed by atoms with van der Waals surface area (Å²) in [5.74, 6) is 0. The first-order chi connectivity index (χ1) is 9.81. The van der Waals surface area contributed by atoms with Gasteiger partial charge in [-0.1, -0.05) is 32.6 Å². The molecule has 0 bridgehead atoms. The first-order valence-corrected chi connectivity index (χ1v) is 8.86. The van der Waals surface area contributed by atoms with Crippen LogP contribution >= 0.6 is 0 Å². The largest absolute Gasteiger partial charge is 0.377 e. The minimum atomic E-state index is 0.474. The lowest BCUT2D eigenvalue weighted by molar-refractivity contribution is -0.0127. The lowest BCUT2D eigenvalue weighted by Crippen LogP contribution is -2.51. The van der Waals surface area contributed by atoms with Crippen LogP contribution < -0.4 is 5.32 Å². The molecule has 1 aliphatic heterocycles. The molecule has 0 spiro atoms. The molecule has 0 aromatic carbocycles. The molecule has 0 amide bonds. The molecule has 3 nitrogen and oxygen atoms in total. The Morgan fingerprint density at radius 1 is 1.00 bits per heavy atom. The van der Waals surface area contributed by atoms with E-state index in [1.807, 2.05) is 0 Å². The van der Waals surface area contributed by atoms with Crippen LogP contribution in [0.25, 0.3) is 0 Å². The highest BCUT2D eigenvalue weighted by atomic mass is 16.5. The fourth-order valence-electron chi connectivity index (χ4n) is 3.90. The van der Waals surface area contributed by atoms with Crippen molar-refractivity contribution < 1.29 is 4.74 Å². The van der Waals surface area contributed by atoms with Crippen molar-refractivity contribution in [1.82, 2.24) is 10.2 Å². The van der Waals surface area contributed by atoms with E-state index in [4.69, 9.17) is 4.74 Å². The lowest BCUT2D eigenvalue weighted by Gasteiger charge is -2.38. The first-order valence-electron chi connectivity index (χ1n) is 8.86. The zero-order chi connectivity index (χ0) is 14.2. The summed E-state index contributed by atoms with van der Waals surface area (Å²) < 4.78 is 5.93. The second-order valence-corrected chi connectivity index (χ2v) is 6.65. The maximum atomic E-state index is 5.93. The van der Waals surface area contributed by atoms with Gasteiger partial charge in [0.25, 0.3) is 0 Å². The molecule has 118 valence electrons. The van der Waals surface area contributed by atoms with E-state index in [9.17, 15) is 0 Å². The second kappa shape index (κ2) is 9.01. The molecule has 2 rings (SSSR count). The maximum Gasteiger partial charge on any atom is 0.0702 e. The van der Waals surface area contributed by atoms with E-state index in [0.29, 0.717) is 18.2 Å². The minimum absolute atomic E-state index is 0.474. The van der Waals surface area contributed by atoms with Crippen molar-refractivity contribution in [3.63, 3.8) is 0 Å². The molecule has 0 aromatic heterocycles. The molecule has 1 saturated carbocycles. The quantitative estimate of drug-likeness (QED) is 0.838. The van der Waals surface area contributed by atoms with Crippen LogP contribution in [0, 0.1) is 0 Å². The molecule has 3 unspecified atom stereocenters. The van der Waals surface area contributed by atoms with Gasteiger partial charge in [-0.15, -0.1) is 0 Å². The van der Waals surface area contributed by atoms with Gasteiger partial charge in [-0.2, -0.15) is 0 Å². The SMILES string of the molecule is CCNC1CCCCCCC1N(C)CC1CCCCO1. The van der Waals surface area contributed by atoms with Gasteiger partial charge in [-0.25, -0.2) is 0 Å². The van der Waals surface area contributed by atoms with Crippen LogP contribution in [-0.4, -0.2) is 49.8 Å². The van der Waals surface area contributed by atoms with Crippen molar-refractivity contribution in [1.29, 1.82) is 0 Å². The predicted molar refractivity (Wildman–Crippen MR) is 85.2 cm³/mol. The minimum Gasteiger partial charge on any atom is -0.377 e. The van der Waals surface area contributed by atoms with E-state index >= 15 is 0 Å². The van der Waals surface area contributed by atoms with Crippen LogP contribution in [0.2, 0.25) is 0 Å². The van der Waals surface area contributed by atoms with Gasteiger partial charge in [0.2, 0.25) is 0 Å². The number of nitrogens with one attached hydrogen (secondary N) is 1. The summed E-state index contributed by atoms with van der Waals surface area (Å²) in [6.45, 7) is 5.42. The Hall–Kier alpha value is -0.120. The number of nitrogens with zero attached hydrogens (tertiary/aromatic N) is 1. The molecule has 1 heterocycles. The summed E-state index contributed by atoms with van der Waals surface area (Å²) in [5.41, 5.74) is 0. The van der Waals surface area contributed by atoms with Gasteiger partial charge in [-0.05, 0) is 45.7 Å². The Morgan fingerprint density at radius 2 is 1.75 bits per heavy atom. The Bertz CT molecular complexity index is 253. The van der Waals surface area contributed by atoms with Gasteiger partial charge in [-0.3, -0.25) is 4.90 Å². The van der Waals surface area contributed by atoms with E-state index in [1.54, 1.807) is 0 Å². The van der Waals surface area contributed by atoms with E-state index in [2.05, 4.69) is 24.2 Å². The molecule has 0 aromatic rings. The molecule has 1 aliphatic carbocycles. The number of hydrogen-bond donors (Lipinski definition) is 1.